The summed E-state index contributed by atoms with van der Waals surface area (Å²) in [5.41, 5.74) is 1.24. The number of hydrogen-bond acceptors (Lipinski definition) is 5. The number of aryl methyl sites for hydroxylation is 1. The molecular weight excluding hydrogens is 446 g/mol. The van der Waals surface area contributed by atoms with E-state index in [1.54, 1.807) is 4.31 Å². The van der Waals surface area contributed by atoms with Crippen LogP contribution < -0.4 is 9.54 Å². The lowest BCUT2D eigenvalue weighted by Crippen LogP contribution is -2.41. The fraction of sp³-hybridized carbons (Fsp3) is 0.391. The van der Waals surface area contributed by atoms with Crippen molar-refractivity contribution < 1.29 is 17.9 Å². The zero-order chi connectivity index (χ0) is 22.9. The number of rotatable bonds is 5. The van der Waals surface area contributed by atoms with Gasteiger partial charge in [0.2, 0.25) is 10.0 Å². The van der Waals surface area contributed by atoms with Gasteiger partial charge < -0.3 is 9.30 Å². The number of fused-ring (bicyclic) bond motifs is 1. The van der Waals surface area contributed by atoms with E-state index >= 15 is 0 Å². The van der Waals surface area contributed by atoms with Gasteiger partial charge in [0, 0.05) is 25.2 Å². The molecule has 1 saturated heterocycles. The number of thiazole rings is 1. The van der Waals surface area contributed by atoms with E-state index in [0.29, 0.717) is 23.5 Å². The van der Waals surface area contributed by atoms with E-state index in [1.807, 2.05) is 43.7 Å². The number of carbonyl (C=O) groups excluding carboxylic acids is 1. The Bertz CT molecular complexity index is 1310. The monoisotopic (exact) mass is 473 g/mol. The highest BCUT2D eigenvalue weighted by Gasteiger charge is 2.30. The smallest absolute Gasteiger partial charge is 0.279 e. The van der Waals surface area contributed by atoms with Crippen molar-refractivity contribution in [2.75, 3.05) is 13.2 Å². The molecule has 3 aromatic rings. The summed E-state index contributed by atoms with van der Waals surface area (Å²) in [7, 11) is -1.72. The number of nitrogens with zero attached hydrogens (tertiary/aromatic N) is 3. The van der Waals surface area contributed by atoms with E-state index in [4.69, 9.17) is 4.74 Å². The second kappa shape index (κ2) is 9.17. The molecular formula is C23H27N3O4S2. The van der Waals surface area contributed by atoms with Crippen LogP contribution in [-0.4, -0.2) is 42.4 Å². The maximum absolute atomic E-state index is 13.0. The van der Waals surface area contributed by atoms with E-state index in [1.165, 1.54) is 35.6 Å². The molecule has 7 nitrogen and oxygen atoms in total. The van der Waals surface area contributed by atoms with Crippen molar-refractivity contribution in [3.63, 3.8) is 0 Å². The Morgan fingerprint density at radius 3 is 2.62 bits per heavy atom. The average Bonchev–Trinajstić information content (AvgIpc) is 3.10. The third-order valence-electron chi connectivity index (χ3n) is 5.73. The lowest BCUT2D eigenvalue weighted by atomic mass is 10.1. The molecule has 0 radical (unpaired) electrons. The molecule has 170 valence electrons. The predicted octanol–water partition coefficient (Wildman–Crippen LogP) is 3.94. The largest absolute Gasteiger partial charge is 0.492 e. The summed E-state index contributed by atoms with van der Waals surface area (Å²) in [5.74, 6) is 0.333. The molecule has 1 fully saturated rings. The quantitative estimate of drug-likeness (QED) is 0.562. The second-order valence-corrected chi connectivity index (χ2v) is 10.8. The van der Waals surface area contributed by atoms with Gasteiger partial charge >= 0.3 is 0 Å². The number of para-hydroxylation sites is 1. The highest BCUT2D eigenvalue weighted by Crippen LogP contribution is 2.27. The van der Waals surface area contributed by atoms with Gasteiger partial charge in [0.1, 0.15) is 11.3 Å². The number of hydrogen-bond donors (Lipinski definition) is 0. The Labute approximate surface area is 192 Å². The first-order chi connectivity index (χ1) is 15.3. The van der Waals surface area contributed by atoms with Gasteiger partial charge in [0.25, 0.3) is 5.91 Å². The van der Waals surface area contributed by atoms with Crippen LogP contribution in [0.3, 0.4) is 0 Å². The van der Waals surface area contributed by atoms with Crippen LogP contribution in [-0.2, 0) is 17.1 Å². The van der Waals surface area contributed by atoms with Gasteiger partial charge in [0.05, 0.1) is 16.2 Å². The average molecular weight is 474 g/mol. The molecule has 0 N–H and O–H groups in total. The zero-order valence-electron chi connectivity index (χ0n) is 18.4. The fourth-order valence-corrected chi connectivity index (χ4v) is 6.77. The Morgan fingerprint density at radius 2 is 1.94 bits per heavy atom. The van der Waals surface area contributed by atoms with Gasteiger partial charge in [-0.25, -0.2) is 8.42 Å². The molecule has 2 heterocycles. The number of sulfonamides is 1. The van der Waals surface area contributed by atoms with Crippen LogP contribution in [0.5, 0.6) is 5.75 Å². The van der Waals surface area contributed by atoms with Crippen molar-refractivity contribution >= 4 is 37.5 Å². The highest BCUT2D eigenvalue weighted by molar-refractivity contribution is 7.89. The molecule has 0 saturated carbocycles. The minimum Gasteiger partial charge on any atom is -0.492 e. The first-order valence-corrected chi connectivity index (χ1v) is 13.0. The topological polar surface area (TPSA) is 81.0 Å². The SMILES string of the molecule is CCOc1cccc2sc(=NC(=O)c3ccc(S(=O)(=O)N4CCCC[C@@H]4C)cc3)n(C)c12. The molecule has 0 aliphatic carbocycles. The maximum Gasteiger partial charge on any atom is 0.279 e. The van der Waals surface area contributed by atoms with Crippen LogP contribution in [0.4, 0.5) is 0 Å². The fourth-order valence-electron chi connectivity index (χ4n) is 4.03. The number of piperidine rings is 1. The number of amides is 1. The molecule has 1 amide bonds. The van der Waals surface area contributed by atoms with Gasteiger partial charge in [0.15, 0.2) is 4.80 Å². The Balaban J connectivity index is 1.63. The number of benzene rings is 2. The Kier molecular flexibility index (Phi) is 6.50. The normalized spacial score (nSPS) is 18.2. The Hall–Kier alpha value is -2.49. The summed E-state index contributed by atoms with van der Waals surface area (Å²) in [5, 5.41) is 0. The molecule has 1 aromatic heterocycles. The number of ether oxygens (including phenoxy) is 1. The molecule has 32 heavy (non-hydrogen) atoms. The minimum absolute atomic E-state index is 0.0143. The Morgan fingerprint density at radius 1 is 1.19 bits per heavy atom. The molecule has 0 spiro atoms. The molecule has 1 aliphatic rings. The van der Waals surface area contributed by atoms with Crippen molar-refractivity contribution in [3.8, 4) is 5.75 Å². The molecule has 2 aromatic carbocycles. The molecule has 1 atom stereocenters. The van der Waals surface area contributed by atoms with E-state index in [0.717, 1.165) is 35.2 Å². The van der Waals surface area contributed by atoms with Crippen molar-refractivity contribution in [2.45, 2.75) is 44.0 Å². The summed E-state index contributed by atoms with van der Waals surface area (Å²) in [6.45, 7) is 4.95. The maximum atomic E-state index is 13.0. The molecule has 4 rings (SSSR count). The molecule has 0 unspecified atom stereocenters. The lowest BCUT2D eigenvalue weighted by molar-refractivity contribution is 0.0998. The van der Waals surface area contributed by atoms with E-state index in [9.17, 15) is 13.2 Å². The summed E-state index contributed by atoms with van der Waals surface area (Å²) >= 11 is 1.41. The number of aromatic nitrogens is 1. The van der Waals surface area contributed by atoms with Crippen molar-refractivity contribution in [1.29, 1.82) is 0 Å². The lowest BCUT2D eigenvalue weighted by Gasteiger charge is -2.32. The standard InChI is InChI=1S/C23H27N3O4S2/c1-4-30-19-9-7-10-20-21(19)25(3)23(31-20)24-22(27)17-11-13-18(14-12-17)32(28,29)26-15-6-5-8-16(26)2/h7,9-14,16H,4-6,8,15H2,1-3H3/t16-/m0/s1. The summed E-state index contributed by atoms with van der Waals surface area (Å²) in [6, 6.07) is 11.8. The summed E-state index contributed by atoms with van der Waals surface area (Å²) in [4.78, 5) is 17.8. The third-order valence-corrected chi connectivity index (χ3v) is 8.86. The summed E-state index contributed by atoms with van der Waals surface area (Å²) < 4.78 is 36.1. The van der Waals surface area contributed by atoms with Crippen molar-refractivity contribution in [1.82, 2.24) is 8.87 Å². The second-order valence-electron chi connectivity index (χ2n) is 7.88. The molecule has 1 aliphatic heterocycles. The highest BCUT2D eigenvalue weighted by atomic mass is 32.2. The summed E-state index contributed by atoms with van der Waals surface area (Å²) in [6.07, 6.45) is 2.78. The van der Waals surface area contributed by atoms with Gasteiger partial charge in [-0.15, -0.1) is 0 Å². The van der Waals surface area contributed by atoms with Gasteiger partial charge in [-0.2, -0.15) is 9.30 Å². The predicted molar refractivity (Wildman–Crippen MR) is 126 cm³/mol. The molecule has 0 bridgehead atoms. The van der Waals surface area contributed by atoms with Crippen molar-refractivity contribution in [2.24, 2.45) is 12.0 Å². The minimum atomic E-state index is -3.57. The van der Waals surface area contributed by atoms with Crippen LogP contribution in [0, 0.1) is 0 Å². The van der Waals surface area contributed by atoms with Gasteiger partial charge in [-0.3, -0.25) is 4.79 Å². The van der Waals surface area contributed by atoms with E-state index in [2.05, 4.69) is 4.99 Å². The van der Waals surface area contributed by atoms with Crippen LogP contribution >= 0.6 is 11.3 Å². The van der Waals surface area contributed by atoms with Gasteiger partial charge in [-0.05, 0) is 63.1 Å². The van der Waals surface area contributed by atoms with E-state index < -0.39 is 15.9 Å². The first-order valence-electron chi connectivity index (χ1n) is 10.7. The first kappa shape index (κ1) is 22.7. The molecule has 9 heteroatoms. The van der Waals surface area contributed by atoms with Crippen LogP contribution in [0.25, 0.3) is 10.2 Å². The van der Waals surface area contributed by atoms with Crippen molar-refractivity contribution in [3.05, 3.63) is 52.8 Å². The zero-order valence-corrected chi connectivity index (χ0v) is 20.1. The van der Waals surface area contributed by atoms with E-state index in [-0.39, 0.29) is 10.9 Å². The third kappa shape index (κ3) is 4.24. The van der Waals surface area contributed by atoms with Crippen LogP contribution in [0.1, 0.15) is 43.5 Å². The van der Waals surface area contributed by atoms with Crippen LogP contribution in [0.2, 0.25) is 0 Å². The van der Waals surface area contributed by atoms with Gasteiger partial charge in [-0.1, -0.05) is 23.8 Å². The van der Waals surface area contributed by atoms with Crippen LogP contribution in [0.15, 0.2) is 52.4 Å². The number of carbonyl (C=O) groups is 1.